The molecule has 0 unspecified atom stereocenters. The third-order valence-electron chi connectivity index (χ3n) is 2.98. The van der Waals surface area contributed by atoms with E-state index in [1.807, 2.05) is 0 Å². The summed E-state index contributed by atoms with van der Waals surface area (Å²) in [6, 6.07) is 11.6. The summed E-state index contributed by atoms with van der Waals surface area (Å²) >= 11 is 3.23. The van der Waals surface area contributed by atoms with Gasteiger partial charge in [0.15, 0.2) is 9.84 Å². The zero-order valence-electron chi connectivity index (χ0n) is 12.8. The van der Waals surface area contributed by atoms with E-state index < -0.39 is 39.0 Å². The number of hydrogen-bond donors (Lipinski definition) is 2. The average molecular weight is 429 g/mol. The Morgan fingerprint density at radius 1 is 0.920 bits per heavy atom. The Kier molecular flexibility index (Phi) is 6.27. The second kappa shape index (κ2) is 8.21. The van der Waals surface area contributed by atoms with Gasteiger partial charge in [-0.2, -0.15) is 0 Å². The maximum Gasteiger partial charge on any atom is 0.239 e. The van der Waals surface area contributed by atoms with Crippen LogP contribution in [0.15, 0.2) is 53.0 Å². The van der Waals surface area contributed by atoms with Gasteiger partial charge in [0.2, 0.25) is 11.8 Å². The highest BCUT2D eigenvalue weighted by atomic mass is 79.9. The molecular weight excluding hydrogens is 415 g/mol. The Morgan fingerprint density at radius 2 is 1.48 bits per heavy atom. The van der Waals surface area contributed by atoms with Crippen LogP contribution in [-0.4, -0.2) is 31.7 Å². The molecule has 6 nitrogen and oxygen atoms in total. The van der Waals surface area contributed by atoms with Crippen molar-refractivity contribution in [1.82, 2.24) is 0 Å². The fraction of sp³-hybridized carbons (Fsp3) is 0.125. The third kappa shape index (κ3) is 6.28. The first-order valence-corrected chi connectivity index (χ1v) is 9.67. The van der Waals surface area contributed by atoms with Crippen molar-refractivity contribution in [3.05, 3.63) is 58.8 Å². The quantitative estimate of drug-likeness (QED) is 0.739. The van der Waals surface area contributed by atoms with Crippen LogP contribution in [0.2, 0.25) is 0 Å². The number of para-hydroxylation sites is 1. The van der Waals surface area contributed by atoms with Gasteiger partial charge in [-0.05, 0) is 52.3 Å². The zero-order chi connectivity index (χ0) is 18.4. The maximum absolute atomic E-state index is 12.8. The first-order chi connectivity index (χ1) is 11.7. The number of rotatable bonds is 6. The molecule has 0 aliphatic carbocycles. The monoisotopic (exact) mass is 428 g/mol. The SMILES string of the molecule is O=C(CS(=O)(=O)CC(=O)Nc1ccccc1Br)Nc1ccc(F)cc1. The minimum atomic E-state index is -3.95. The van der Waals surface area contributed by atoms with Crippen molar-refractivity contribution < 1.29 is 22.4 Å². The van der Waals surface area contributed by atoms with Crippen LogP contribution in [0.1, 0.15) is 0 Å². The lowest BCUT2D eigenvalue weighted by Crippen LogP contribution is -2.30. The first kappa shape index (κ1) is 19.1. The van der Waals surface area contributed by atoms with Gasteiger partial charge in [0.1, 0.15) is 17.3 Å². The van der Waals surface area contributed by atoms with Crippen molar-refractivity contribution in [2.24, 2.45) is 0 Å². The molecule has 2 N–H and O–H groups in total. The lowest BCUT2D eigenvalue weighted by molar-refractivity contribution is -0.114. The zero-order valence-corrected chi connectivity index (χ0v) is 15.2. The largest absolute Gasteiger partial charge is 0.325 e. The number of sulfone groups is 1. The molecule has 2 aromatic rings. The molecule has 0 saturated carbocycles. The van der Waals surface area contributed by atoms with E-state index in [0.29, 0.717) is 10.2 Å². The number of carbonyl (C=O) groups excluding carboxylic acids is 2. The molecule has 0 radical (unpaired) electrons. The van der Waals surface area contributed by atoms with E-state index in [0.717, 1.165) is 12.1 Å². The molecule has 9 heteroatoms. The minimum Gasteiger partial charge on any atom is -0.325 e. The van der Waals surface area contributed by atoms with Crippen LogP contribution in [0.4, 0.5) is 15.8 Å². The number of benzene rings is 2. The number of hydrogen-bond acceptors (Lipinski definition) is 4. The molecule has 0 aliphatic heterocycles. The van der Waals surface area contributed by atoms with Crippen molar-refractivity contribution in [3.8, 4) is 0 Å². The van der Waals surface area contributed by atoms with Gasteiger partial charge < -0.3 is 10.6 Å². The fourth-order valence-electron chi connectivity index (χ4n) is 1.93. The van der Waals surface area contributed by atoms with Crippen molar-refractivity contribution in [2.75, 3.05) is 22.1 Å². The summed E-state index contributed by atoms with van der Waals surface area (Å²) in [5.41, 5.74) is 0.692. The lowest BCUT2D eigenvalue weighted by atomic mass is 10.3. The molecule has 0 saturated heterocycles. The van der Waals surface area contributed by atoms with Crippen molar-refractivity contribution >= 4 is 49.0 Å². The van der Waals surface area contributed by atoms with Crippen LogP contribution < -0.4 is 10.6 Å². The molecule has 0 aliphatic rings. The summed E-state index contributed by atoms with van der Waals surface area (Å²) < 4.78 is 37.4. The Morgan fingerprint density at radius 3 is 2.08 bits per heavy atom. The third-order valence-corrected chi connectivity index (χ3v) is 5.07. The molecule has 0 fully saturated rings. The number of nitrogens with one attached hydrogen (secondary N) is 2. The molecule has 0 aromatic heterocycles. The van der Waals surface area contributed by atoms with E-state index in [1.54, 1.807) is 24.3 Å². The molecule has 2 amide bonds. The summed E-state index contributed by atoms with van der Waals surface area (Å²) in [5.74, 6) is -3.71. The fourth-order valence-corrected chi connectivity index (χ4v) is 3.36. The van der Waals surface area contributed by atoms with E-state index >= 15 is 0 Å². The standard InChI is InChI=1S/C16H14BrFN2O4S/c17-13-3-1-2-4-14(13)20-16(22)10-25(23,24)9-15(21)19-12-7-5-11(18)6-8-12/h1-8H,9-10H2,(H,19,21)(H,20,22). The molecule has 25 heavy (non-hydrogen) atoms. The van der Waals surface area contributed by atoms with E-state index in [4.69, 9.17) is 0 Å². The second-order valence-electron chi connectivity index (χ2n) is 5.12. The van der Waals surface area contributed by atoms with Gasteiger partial charge in [-0.25, -0.2) is 12.8 Å². The first-order valence-electron chi connectivity index (χ1n) is 7.05. The van der Waals surface area contributed by atoms with Crippen LogP contribution in [0, 0.1) is 5.82 Å². The summed E-state index contributed by atoms with van der Waals surface area (Å²) in [6.45, 7) is 0. The predicted molar refractivity (Wildman–Crippen MR) is 96.5 cm³/mol. The van der Waals surface area contributed by atoms with Crippen LogP contribution in [0.3, 0.4) is 0 Å². The summed E-state index contributed by atoms with van der Waals surface area (Å²) in [7, 11) is -3.95. The van der Waals surface area contributed by atoms with E-state index in [1.165, 1.54) is 12.1 Å². The van der Waals surface area contributed by atoms with Gasteiger partial charge >= 0.3 is 0 Å². The van der Waals surface area contributed by atoms with Gasteiger partial charge in [-0.15, -0.1) is 0 Å². The maximum atomic E-state index is 12.8. The molecule has 0 bridgehead atoms. The molecule has 132 valence electrons. The highest BCUT2D eigenvalue weighted by molar-refractivity contribution is 9.10. The van der Waals surface area contributed by atoms with Gasteiger partial charge in [0.25, 0.3) is 0 Å². The average Bonchev–Trinajstić information content (AvgIpc) is 2.50. The van der Waals surface area contributed by atoms with Crippen LogP contribution >= 0.6 is 15.9 Å². The molecule has 2 aromatic carbocycles. The predicted octanol–water partition coefficient (Wildman–Crippen LogP) is 2.58. The molecule has 0 spiro atoms. The molecule has 2 rings (SSSR count). The number of carbonyl (C=O) groups is 2. The van der Waals surface area contributed by atoms with Gasteiger partial charge in [0.05, 0.1) is 5.69 Å². The Hall–Kier alpha value is -2.26. The highest BCUT2D eigenvalue weighted by Crippen LogP contribution is 2.21. The molecule has 0 heterocycles. The van der Waals surface area contributed by atoms with Crippen molar-refractivity contribution in [3.63, 3.8) is 0 Å². The van der Waals surface area contributed by atoms with Crippen LogP contribution in [-0.2, 0) is 19.4 Å². The Balaban J connectivity index is 1.92. The molecule has 0 atom stereocenters. The normalized spacial score (nSPS) is 11.0. The summed E-state index contributed by atoms with van der Waals surface area (Å²) in [5, 5.41) is 4.79. The van der Waals surface area contributed by atoms with Crippen molar-refractivity contribution in [1.29, 1.82) is 0 Å². The summed E-state index contributed by atoms with van der Waals surface area (Å²) in [4.78, 5) is 23.7. The Bertz CT molecular complexity index is 885. The lowest BCUT2D eigenvalue weighted by Gasteiger charge is -2.08. The highest BCUT2D eigenvalue weighted by Gasteiger charge is 2.21. The Labute approximate surface area is 152 Å². The summed E-state index contributed by atoms with van der Waals surface area (Å²) in [6.07, 6.45) is 0. The van der Waals surface area contributed by atoms with Gasteiger partial charge in [-0.3, -0.25) is 9.59 Å². The van der Waals surface area contributed by atoms with Gasteiger partial charge in [0, 0.05) is 10.2 Å². The topological polar surface area (TPSA) is 92.3 Å². The minimum absolute atomic E-state index is 0.263. The van der Waals surface area contributed by atoms with Crippen LogP contribution in [0.5, 0.6) is 0 Å². The van der Waals surface area contributed by atoms with Crippen LogP contribution in [0.25, 0.3) is 0 Å². The smallest absolute Gasteiger partial charge is 0.239 e. The number of amides is 2. The number of anilines is 2. The van der Waals surface area contributed by atoms with E-state index in [-0.39, 0.29) is 5.69 Å². The van der Waals surface area contributed by atoms with E-state index in [2.05, 4.69) is 26.6 Å². The molecular formula is C16H14BrFN2O4S. The number of halogens is 2. The second-order valence-corrected chi connectivity index (χ2v) is 8.03. The van der Waals surface area contributed by atoms with E-state index in [9.17, 15) is 22.4 Å². The van der Waals surface area contributed by atoms with Crippen molar-refractivity contribution in [2.45, 2.75) is 0 Å². The van der Waals surface area contributed by atoms with Gasteiger partial charge in [-0.1, -0.05) is 12.1 Å².